The van der Waals surface area contributed by atoms with Gasteiger partial charge < -0.3 is 15.4 Å². The van der Waals surface area contributed by atoms with E-state index in [1.165, 1.54) is 0 Å². The van der Waals surface area contributed by atoms with Gasteiger partial charge in [-0.2, -0.15) is 17.9 Å². The molecule has 0 radical (unpaired) electrons. The molecule has 5 nitrogen and oxygen atoms in total. The number of carbonyl (C=O) groups is 1. The summed E-state index contributed by atoms with van der Waals surface area (Å²) < 4.78 is 36.1. The van der Waals surface area contributed by atoms with Crippen LogP contribution in [0.5, 0.6) is 0 Å². The highest BCUT2D eigenvalue weighted by molar-refractivity contribution is 5.87. The fourth-order valence-corrected chi connectivity index (χ4v) is 1.01. The zero-order valence-corrected chi connectivity index (χ0v) is 7.60. The number of hydrogen-bond acceptors (Lipinski definition) is 3. The van der Waals surface area contributed by atoms with Crippen molar-refractivity contribution in [1.82, 2.24) is 0 Å². The largest absolute Gasteiger partial charge is 0.618 e. The van der Waals surface area contributed by atoms with Gasteiger partial charge in [0, 0.05) is 12.1 Å². The van der Waals surface area contributed by atoms with Crippen molar-refractivity contribution in [3.05, 3.63) is 34.8 Å². The van der Waals surface area contributed by atoms with Crippen molar-refractivity contribution < 1.29 is 32.9 Å². The van der Waals surface area contributed by atoms with Crippen molar-refractivity contribution in [3.63, 3.8) is 0 Å². The molecule has 8 heteroatoms. The predicted molar refractivity (Wildman–Crippen MR) is 43.4 cm³/mol. The normalized spacial score (nSPS) is 13.5. The number of aliphatic hydroxyl groups is 1. The molecule has 0 spiro atoms. The first-order chi connectivity index (χ1) is 7.23. The summed E-state index contributed by atoms with van der Waals surface area (Å²) in [5, 5.41) is 28.3. The molecular weight excluding hydrogens is 231 g/mol. The van der Waals surface area contributed by atoms with Gasteiger partial charge in [-0.3, -0.25) is 0 Å². The maximum Gasteiger partial charge on any atom is 0.424 e. The molecule has 0 saturated carbocycles. The molecule has 0 amide bonds. The van der Waals surface area contributed by atoms with E-state index < -0.39 is 29.5 Å². The Bertz CT molecular complexity index is 418. The van der Waals surface area contributed by atoms with Crippen LogP contribution in [0.2, 0.25) is 0 Å². The van der Waals surface area contributed by atoms with Gasteiger partial charge in [0.15, 0.2) is 6.20 Å². The molecule has 16 heavy (non-hydrogen) atoms. The summed E-state index contributed by atoms with van der Waals surface area (Å²) in [6.07, 6.45) is -7.44. The Labute approximate surface area is 87.0 Å². The lowest BCUT2D eigenvalue weighted by Gasteiger charge is -2.14. The zero-order chi connectivity index (χ0) is 12.5. The van der Waals surface area contributed by atoms with Crippen LogP contribution in [-0.2, 0) is 0 Å². The van der Waals surface area contributed by atoms with Crippen LogP contribution in [0.3, 0.4) is 0 Å². The molecule has 1 aromatic rings. The lowest BCUT2D eigenvalue weighted by molar-refractivity contribution is -0.621. The molecule has 0 aliphatic carbocycles. The van der Waals surface area contributed by atoms with Gasteiger partial charge in [0.2, 0.25) is 11.8 Å². The number of aliphatic hydroxyl groups excluding tert-OH is 1. The summed E-state index contributed by atoms with van der Waals surface area (Å²) in [5.74, 6) is -1.49. The van der Waals surface area contributed by atoms with Gasteiger partial charge in [0.1, 0.15) is 0 Å². The Balaban J connectivity index is 3.22. The number of aromatic carboxylic acids is 1. The Morgan fingerprint density at radius 1 is 1.50 bits per heavy atom. The number of nitrogens with zero attached hydrogens (tertiary/aromatic N) is 1. The van der Waals surface area contributed by atoms with Gasteiger partial charge in [0.25, 0.3) is 0 Å². The number of pyridine rings is 1. The van der Waals surface area contributed by atoms with E-state index in [1.54, 1.807) is 0 Å². The highest BCUT2D eigenvalue weighted by Crippen LogP contribution is 2.30. The van der Waals surface area contributed by atoms with Gasteiger partial charge in [-0.05, 0) is 0 Å². The number of halogens is 3. The van der Waals surface area contributed by atoms with Gasteiger partial charge >= 0.3 is 12.1 Å². The van der Waals surface area contributed by atoms with Gasteiger partial charge in [0.05, 0.1) is 5.56 Å². The highest BCUT2D eigenvalue weighted by atomic mass is 19.4. The monoisotopic (exact) mass is 237 g/mol. The predicted octanol–water partition coefficient (Wildman–Crippen LogP) is 0.614. The third-order valence-corrected chi connectivity index (χ3v) is 1.78. The fourth-order valence-electron chi connectivity index (χ4n) is 1.01. The van der Waals surface area contributed by atoms with E-state index >= 15 is 0 Å². The maximum absolute atomic E-state index is 12.1. The molecular formula is C8H6F3NO4. The summed E-state index contributed by atoms with van der Waals surface area (Å²) >= 11 is 0. The van der Waals surface area contributed by atoms with Crippen molar-refractivity contribution in [2.45, 2.75) is 12.3 Å². The summed E-state index contributed by atoms with van der Waals surface area (Å²) in [4.78, 5) is 10.5. The van der Waals surface area contributed by atoms with E-state index in [9.17, 15) is 23.2 Å². The van der Waals surface area contributed by atoms with Crippen molar-refractivity contribution in [2.24, 2.45) is 0 Å². The van der Waals surface area contributed by atoms with Crippen LogP contribution in [0.1, 0.15) is 22.2 Å². The Morgan fingerprint density at radius 2 is 2.06 bits per heavy atom. The van der Waals surface area contributed by atoms with E-state index in [2.05, 4.69) is 0 Å². The van der Waals surface area contributed by atoms with Crippen LogP contribution in [0.15, 0.2) is 18.3 Å². The second-order valence-electron chi connectivity index (χ2n) is 2.92. The van der Waals surface area contributed by atoms with E-state index in [1.807, 2.05) is 0 Å². The number of alkyl halides is 3. The number of rotatable bonds is 2. The molecule has 2 N–H and O–H groups in total. The highest BCUT2D eigenvalue weighted by Gasteiger charge is 2.44. The SMILES string of the molecule is O=C(O)c1cc[n+]([O-])c(C(O)C(F)(F)F)c1. The van der Waals surface area contributed by atoms with Crippen molar-refractivity contribution >= 4 is 5.97 Å². The van der Waals surface area contributed by atoms with E-state index in [0.717, 1.165) is 6.07 Å². The van der Waals surface area contributed by atoms with Gasteiger partial charge in [-0.25, -0.2) is 4.79 Å². The average Bonchev–Trinajstić information content (AvgIpc) is 2.15. The summed E-state index contributed by atoms with van der Waals surface area (Å²) in [5.41, 5.74) is -1.59. The van der Waals surface area contributed by atoms with Crippen LogP contribution in [0.25, 0.3) is 0 Å². The molecule has 0 saturated heterocycles. The second-order valence-corrected chi connectivity index (χ2v) is 2.92. The van der Waals surface area contributed by atoms with Crippen LogP contribution in [0.4, 0.5) is 13.2 Å². The lowest BCUT2D eigenvalue weighted by atomic mass is 10.1. The molecule has 1 rings (SSSR count). The van der Waals surface area contributed by atoms with E-state index in [0.29, 0.717) is 12.3 Å². The average molecular weight is 237 g/mol. The van der Waals surface area contributed by atoms with Crippen LogP contribution >= 0.6 is 0 Å². The maximum atomic E-state index is 12.1. The van der Waals surface area contributed by atoms with Gasteiger partial charge in [-0.1, -0.05) is 0 Å². The number of hydrogen-bond donors (Lipinski definition) is 2. The first kappa shape index (κ1) is 12.2. The lowest BCUT2D eigenvalue weighted by Crippen LogP contribution is -2.38. The van der Waals surface area contributed by atoms with Crippen LogP contribution in [0, 0.1) is 5.21 Å². The topological polar surface area (TPSA) is 84.5 Å². The molecule has 1 heterocycles. The Morgan fingerprint density at radius 3 is 2.50 bits per heavy atom. The minimum absolute atomic E-state index is 0.232. The first-order valence-electron chi connectivity index (χ1n) is 3.94. The van der Waals surface area contributed by atoms with Crippen LogP contribution in [-0.4, -0.2) is 22.4 Å². The molecule has 0 bridgehead atoms. The third-order valence-electron chi connectivity index (χ3n) is 1.78. The van der Waals surface area contributed by atoms with Crippen LogP contribution < -0.4 is 4.73 Å². The molecule has 1 unspecified atom stereocenters. The smallest absolute Gasteiger partial charge is 0.424 e. The minimum Gasteiger partial charge on any atom is -0.618 e. The zero-order valence-electron chi connectivity index (χ0n) is 7.60. The summed E-state index contributed by atoms with van der Waals surface area (Å²) in [7, 11) is 0. The van der Waals surface area contributed by atoms with Crippen molar-refractivity contribution in [3.8, 4) is 0 Å². The Hall–Kier alpha value is -1.83. The summed E-state index contributed by atoms with van der Waals surface area (Å²) in [6, 6.07) is 1.31. The standard InChI is InChI=1S/C8H6F3NO4/c9-8(10,11)6(13)5-3-4(7(14)15)1-2-12(5)16/h1-3,6,13H,(H,14,15). The molecule has 0 aliphatic rings. The molecule has 1 aromatic heterocycles. The molecule has 0 fully saturated rings. The summed E-state index contributed by atoms with van der Waals surface area (Å²) in [6.45, 7) is 0. The molecule has 1 atom stereocenters. The minimum atomic E-state index is -5.02. The number of aromatic nitrogens is 1. The molecule has 0 aromatic carbocycles. The molecule has 88 valence electrons. The van der Waals surface area contributed by atoms with Gasteiger partial charge in [-0.15, -0.1) is 0 Å². The number of carboxylic acids is 1. The quantitative estimate of drug-likeness (QED) is 0.583. The Kier molecular flexibility index (Phi) is 3.04. The third kappa shape index (κ3) is 2.40. The second kappa shape index (κ2) is 3.97. The van der Waals surface area contributed by atoms with Crippen molar-refractivity contribution in [2.75, 3.05) is 0 Å². The van der Waals surface area contributed by atoms with E-state index in [-0.39, 0.29) is 4.73 Å². The first-order valence-corrected chi connectivity index (χ1v) is 3.94. The molecule has 0 aliphatic heterocycles. The number of carboxylic acid groups (broad SMARTS) is 1. The van der Waals surface area contributed by atoms with Crippen molar-refractivity contribution in [1.29, 1.82) is 0 Å². The van der Waals surface area contributed by atoms with E-state index in [4.69, 9.17) is 10.2 Å². The fraction of sp³-hybridized carbons (Fsp3) is 0.250.